The smallest absolute Gasteiger partial charge is 0.340 e. The van der Waals surface area contributed by atoms with Crippen molar-refractivity contribution in [2.75, 3.05) is 6.61 Å². The van der Waals surface area contributed by atoms with Gasteiger partial charge in [-0.3, -0.25) is 0 Å². The zero-order chi connectivity index (χ0) is 10.3. The minimum absolute atomic E-state index is 0.144. The zero-order valence-electron chi connectivity index (χ0n) is 8.00. The van der Waals surface area contributed by atoms with Crippen molar-refractivity contribution in [1.82, 2.24) is 0 Å². The van der Waals surface area contributed by atoms with Gasteiger partial charge in [-0.25, -0.2) is 4.79 Å². The fraction of sp³-hybridized carbons (Fsp3) is 0.300. The van der Waals surface area contributed by atoms with E-state index in [0.29, 0.717) is 12.2 Å². The first-order chi connectivity index (χ1) is 6.11. The minimum atomic E-state index is -0.499. The maximum atomic E-state index is 11.0. The summed E-state index contributed by atoms with van der Waals surface area (Å²) in [4.78, 5) is 11.0. The van der Waals surface area contributed by atoms with Crippen LogP contribution in [0.2, 0.25) is 0 Å². The van der Waals surface area contributed by atoms with Crippen LogP contribution in [0, 0.1) is 0 Å². The van der Waals surface area contributed by atoms with Gasteiger partial charge in [0.2, 0.25) is 0 Å². The molecule has 0 N–H and O–H groups in total. The lowest BCUT2D eigenvalue weighted by molar-refractivity contribution is -0.140. The summed E-state index contributed by atoms with van der Waals surface area (Å²) in [5.41, 5.74) is 0.328. The molecule has 0 amide bonds. The van der Waals surface area contributed by atoms with Gasteiger partial charge < -0.3 is 9.47 Å². The fourth-order valence-corrected chi connectivity index (χ4v) is 0.529. The molecule has 3 nitrogen and oxygen atoms in total. The summed E-state index contributed by atoms with van der Waals surface area (Å²) < 4.78 is 9.83. The molecule has 0 saturated heterocycles. The maximum Gasteiger partial charge on any atom is 0.340 e. The van der Waals surface area contributed by atoms with Crippen molar-refractivity contribution in [2.45, 2.75) is 13.8 Å². The number of allylic oxidation sites excluding steroid dienone is 2. The van der Waals surface area contributed by atoms with Crippen molar-refractivity contribution in [1.29, 1.82) is 0 Å². The molecule has 0 aliphatic carbocycles. The second-order valence-electron chi connectivity index (χ2n) is 2.32. The maximum absolute atomic E-state index is 11.0. The van der Waals surface area contributed by atoms with E-state index in [-0.39, 0.29) is 5.95 Å². The van der Waals surface area contributed by atoms with Gasteiger partial charge in [-0.05, 0) is 13.8 Å². The highest BCUT2D eigenvalue weighted by Crippen LogP contribution is 2.04. The molecule has 0 unspecified atom stereocenters. The van der Waals surface area contributed by atoms with E-state index in [1.54, 1.807) is 13.8 Å². The molecule has 3 heteroatoms. The van der Waals surface area contributed by atoms with Gasteiger partial charge >= 0.3 is 5.97 Å². The summed E-state index contributed by atoms with van der Waals surface area (Å²) in [6, 6.07) is 0. The van der Waals surface area contributed by atoms with Gasteiger partial charge in [0.15, 0.2) is 0 Å². The molecule has 0 radical (unpaired) electrons. The van der Waals surface area contributed by atoms with Gasteiger partial charge in [0.05, 0.1) is 6.61 Å². The molecule has 13 heavy (non-hydrogen) atoms. The molecule has 0 atom stereocenters. The van der Waals surface area contributed by atoms with Crippen molar-refractivity contribution in [3.05, 3.63) is 36.8 Å². The van der Waals surface area contributed by atoms with Crippen LogP contribution in [0.25, 0.3) is 0 Å². The van der Waals surface area contributed by atoms with Crippen molar-refractivity contribution < 1.29 is 14.3 Å². The van der Waals surface area contributed by atoms with Gasteiger partial charge in [0, 0.05) is 11.6 Å². The lowest BCUT2D eigenvalue weighted by Gasteiger charge is -2.07. The molecule has 0 aromatic heterocycles. The Balaban J connectivity index is 4.26. The van der Waals surface area contributed by atoms with Gasteiger partial charge in [0.1, 0.15) is 0 Å². The molecule has 0 aromatic rings. The third-order valence-electron chi connectivity index (χ3n) is 1.08. The van der Waals surface area contributed by atoms with Gasteiger partial charge in [-0.15, -0.1) is 0 Å². The number of esters is 1. The third-order valence-corrected chi connectivity index (χ3v) is 1.08. The average molecular weight is 182 g/mol. The molecule has 72 valence electrons. The quantitative estimate of drug-likeness (QED) is 0.283. The standard InChI is InChI=1S/C10H14O3/c1-5-7-9(12-6-2)13-10(11)8(3)4/h5,7H,1,3,6H2,2,4H3. The Morgan fingerprint density at radius 2 is 2.15 bits per heavy atom. The highest BCUT2D eigenvalue weighted by molar-refractivity contribution is 5.87. The Morgan fingerprint density at radius 1 is 1.54 bits per heavy atom. The number of carbonyl (C=O) groups is 1. The van der Waals surface area contributed by atoms with Gasteiger partial charge in [-0.1, -0.05) is 19.2 Å². The summed E-state index contributed by atoms with van der Waals surface area (Å²) in [6.45, 7) is 10.7. The highest BCUT2D eigenvalue weighted by Gasteiger charge is 2.07. The van der Waals surface area contributed by atoms with Crippen LogP contribution in [0.1, 0.15) is 13.8 Å². The number of rotatable bonds is 5. The van der Waals surface area contributed by atoms with Crippen LogP contribution in [0.4, 0.5) is 0 Å². The van der Waals surface area contributed by atoms with Crippen LogP contribution in [0.15, 0.2) is 36.8 Å². The largest absolute Gasteiger partial charge is 0.465 e. The van der Waals surface area contributed by atoms with Crippen LogP contribution in [-0.2, 0) is 14.3 Å². The van der Waals surface area contributed by atoms with E-state index >= 15 is 0 Å². The number of hydrogen-bond donors (Lipinski definition) is 0. The van der Waals surface area contributed by atoms with E-state index in [1.807, 2.05) is 0 Å². The summed E-state index contributed by atoms with van der Waals surface area (Å²) >= 11 is 0. The Morgan fingerprint density at radius 3 is 2.54 bits per heavy atom. The van der Waals surface area contributed by atoms with Crippen molar-refractivity contribution in [2.24, 2.45) is 0 Å². The number of hydrogen-bond acceptors (Lipinski definition) is 3. The predicted molar refractivity (Wildman–Crippen MR) is 50.8 cm³/mol. The Hall–Kier alpha value is -1.51. The van der Waals surface area contributed by atoms with E-state index < -0.39 is 5.97 Å². The Kier molecular flexibility index (Phi) is 5.35. The van der Waals surface area contributed by atoms with E-state index in [4.69, 9.17) is 9.47 Å². The second kappa shape index (κ2) is 6.06. The SMILES string of the molecule is C=CC=C(OCC)OC(=O)C(=C)C. The van der Waals surface area contributed by atoms with E-state index in [9.17, 15) is 4.79 Å². The highest BCUT2D eigenvalue weighted by atomic mass is 16.7. The molecule has 0 heterocycles. The summed E-state index contributed by atoms with van der Waals surface area (Å²) in [6.07, 6.45) is 2.96. The summed E-state index contributed by atoms with van der Waals surface area (Å²) in [5.74, 6) is -0.355. The summed E-state index contributed by atoms with van der Waals surface area (Å²) in [5, 5.41) is 0. The fourth-order valence-electron chi connectivity index (χ4n) is 0.529. The normalized spacial score (nSPS) is 10.5. The molecule has 0 fully saturated rings. The predicted octanol–water partition coefficient (Wildman–Crippen LogP) is 2.17. The van der Waals surface area contributed by atoms with E-state index in [2.05, 4.69) is 13.2 Å². The van der Waals surface area contributed by atoms with E-state index in [1.165, 1.54) is 12.2 Å². The van der Waals surface area contributed by atoms with Crippen molar-refractivity contribution in [3.8, 4) is 0 Å². The third kappa shape index (κ3) is 4.85. The van der Waals surface area contributed by atoms with Crippen LogP contribution in [-0.4, -0.2) is 12.6 Å². The zero-order valence-corrected chi connectivity index (χ0v) is 8.00. The van der Waals surface area contributed by atoms with Gasteiger partial charge in [-0.2, -0.15) is 0 Å². The Bertz CT molecular complexity index is 239. The Labute approximate surface area is 78.3 Å². The van der Waals surface area contributed by atoms with E-state index in [0.717, 1.165) is 0 Å². The molecule has 0 rings (SSSR count). The number of carbonyl (C=O) groups excluding carboxylic acids is 1. The van der Waals surface area contributed by atoms with Crippen LogP contribution in [0.5, 0.6) is 0 Å². The van der Waals surface area contributed by atoms with Gasteiger partial charge in [0.25, 0.3) is 5.95 Å². The molecular formula is C10H14O3. The number of ether oxygens (including phenoxy) is 2. The topological polar surface area (TPSA) is 35.5 Å². The van der Waals surface area contributed by atoms with Crippen LogP contribution < -0.4 is 0 Å². The van der Waals surface area contributed by atoms with Crippen LogP contribution >= 0.6 is 0 Å². The monoisotopic (exact) mass is 182 g/mol. The van der Waals surface area contributed by atoms with Crippen molar-refractivity contribution >= 4 is 5.97 Å². The average Bonchev–Trinajstić information content (AvgIpc) is 2.05. The first kappa shape index (κ1) is 11.5. The first-order valence-electron chi connectivity index (χ1n) is 3.95. The summed E-state index contributed by atoms with van der Waals surface area (Å²) in [7, 11) is 0. The molecule has 0 saturated carbocycles. The van der Waals surface area contributed by atoms with Crippen LogP contribution in [0.3, 0.4) is 0 Å². The molecule has 0 spiro atoms. The second-order valence-corrected chi connectivity index (χ2v) is 2.32. The lowest BCUT2D eigenvalue weighted by atomic mass is 10.4. The molecule has 0 bridgehead atoms. The lowest BCUT2D eigenvalue weighted by Crippen LogP contribution is -2.07. The first-order valence-corrected chi connectivity index (χ1v) is 3.95. The molecule has 0 aliphatic rings. The molecule has 0 aliphatic heterocycles. The molecule has 0 aromatic carbocycles. The van der Waals surface area contributed by atoms with Crippen molar-refractivity contribution in [3.63, 3.8) is 0 Å². The molecular weight excluding hydrogens is 168 g/mol. The minimum Gasteiger partial charge on any atom is -0.465 e.